The first-order chi connectivity index (χ1) is 12.1. The molecule has 0 spiro atoms. The molecule has 136 valence electrons. The van der Waals surface area contributed by atoms with Crippen molar-refractivity contribution in [1.29, 1.82) is 0 Å². The molecule has 0 saturated heterocycles. The zero-order valence-electron chi connectivity index (χ0n) is 12.6. The van der Waals surface area contributed by atoms with Gasteiger partial charge in [-0.3, -0.25) is 14.9 Å². The predicted octanol–water partition coefficient (Wildman–Crippen LogP) is 3.74. The Kier molecular flexibility index (Phi) is 5.46. The summed E-state index contributed by atoms with van der Waals surface area (Å²) in [6, 6.07) is 5.75. The predicted molar refractivity (Wildman–Crippen MR) is 86.3 cm³/mol. The Morgan fingerprint density at radius 3 is 2.42 bits per heavy atom. The van der Waals surface area contributed by atoms with Gasteiger partial charge in [-0.2, -0.15) is 18.3 Å². The maximum Gasteiger partial charge on any atom is 0.416 e. The zero-order chi connectivity index (χ0) is 19.5. The molecule has 7 nitrogen and oxygen atoms in total. The van der Waals surface area contributed by atoms with Crippen LogP contribution in [0.4, 0.5) is 18.9 Å². The fourth-order valence-corrected chi connectivity index (χ4v) is 2.07. The molecule has 2 N–H and O–H groups in total. The van der Waals surface area contributed by atoms with E-state index in [0.29, 0.717) is 12.1 Å². The van der Waals surface area contributed by atoms with E-state index < -0.39 is 33.3 Å². The lowest BCUT2D eigenvalue weighted by Crippen LogP contribution is -2.17. The molecule has 2 aromatic carbocycles. The largest absolute Gasteiger partial charge is 0.506 e. The molecular formula is C15H9ClF3N3O4. The molecule has 0 bridgehead atoms. The lowest BCUT2D eigenvalue weighted by Gasteiger charge is -2.09. The Balaban J connectivity index is 2.16. The van der Waals surface area contributed by atoms with Gasteiger partial charge in [0, 0.05) is 23.3 Å². The maximum atomic E-state index is 12.7. The van der Waals surface area contributed by atoms with Crippen molar-refractivity contribution in [3.05, 3.63) is 68.2 Å². The third kappa shape index (κ3) is 4.48. The molecule has 0 aromatic heterocycles. The van der Waals surface area contributed by atoms with Gasteiger partial charge in [-0.1, -0.05) is 11.6 Å². The van der Waals surface area contributed by atoms with Crippen LogP contribution < -0.4 is 5.43 Å². The van der Waals surface area contributed by atoms with E-state index in [2.05, 4.69) is 5.10 Å². The molecule has 26 heavy (non-hydrogen) atoms. The maximum absolute atomic E-state index is 12.7. The van der Waals surface area contributed by atoms with Crippen LogP contribution in [0.5, 0.6) is 5.75 Å². The number of amides is 1. The number of hydrogen-bond donors (Lipinski definition) is 2. The summed E-state index contributed by atoms with van der Waals surface area (Å²) in [6.07, 6.45) is -3.89. The molecule has 0 atom stereocenters. The number of nitrogens with one attached hydrogen (secondary N) is 1. The third-order valence-corrected chi connectivity index (χ3v) is 3.42. The highest BCUT2D eigenvalue weighted by atomic mass is 35.5. The Labute approximate surface area is 148 Å². The van der Waals surface area contributed by atoms with Gasteiger partial charge in [-0.25, -0.2) is 5.43 Å². The van der Waals surface area contributed by atoms with E-state index in [4.69, 9.17) is 11.6 Å². The van der Waals surface area contributed by atoms with Crippen molar-refractivity contribution in [2.75, 3.05) is 0 Å². The fraction of sp³-hybridized carbons (Fsp3) is 0.0667. The van der Waals surface area contributed by atoms with Gasteiger partial charge in [0.05, 0.1) is 21.7 Å². The number of benzene rings is 2. The normalized spacial score (nSPS) is 11.5. The van der Waals surface area contributed by atoms with E-state index in [1.54, 1.807) is 0 Å². The number of nitro benzene ring substituents is 1. The number of hydrazone groups is 1. The monoisotopic (exact) mass is 387 g/mol. The minimum absolute atomic E-state index is 0.0408. The van der Waals surface area contributed by atoms with E-state index in [9.17, 15) is 33.2 Å². The van der Waals surface area contributed by atoms with Crippen LogP contribution in [0.15, 0.2) is 41.5 Å². The second kappa shape index (κ2) is 7.40. The highest BCUT2D eigenvalue weighted by molar-refractivity contribution is 6.32. The summed E-state index contributed by atoms with van der Waals surface area (Å²) in [5.74, 6) is -1.39. The molecule has 0 radical (unpaired) electrons. The number of halogens is 4. The van der Waals surface area contributed by atoms with Crippen molar-refractivity contribution in [3.8, 4) is 5.75 Å². The summed E-state index contributed by atoms with van der Waals surface area (Å²) >= 11 is 5.55. The molecular weight excluding hydrogens is 379 g/mol. The van der Waals surface area contributed by atoms with Crippen LogP contribution in [0, 0.1) is 10.1 Å². The van der Waals surface area contributed by atoms with Gasteiger partial charge < -0.3 is 5.11 Å². The highest BCUT2D eigenvalue weighted by Crippen LogP contribution is 2.36. The molecule has 1 amide bonds. The van der Waals surface area contributed by atoms with Crippen molar-refractivity contribution in [1.82, 2.24) is 5.43 Å². The molecule has 0 unspecified atom stereocenters. The van der Waals surface area contributed by atoms with E-state index in [1.807, 2.05) is 5.43 Å². The first-order valence-electron chi connectivity index (χ1n) is 6.77. The van der Waals surface area contributed by atoms with Crippen molar-refractivity contribution < 1.29 is 28.0 Å². The van der Waals surface area contributed by atoms with Crippen LogP contribution in [0.25, 0.3) is 0 Å². The summed E-state index contributed by atoms with van der Waals surface area (Å²) in [6.45, 7) is 0. The highest BCUT2D eigenvalue weighted by Gasteiger charge is 2.32. The second-order valence-corrected chi connectivity index (χ2v) is 5.30. The van der Waals surface area contributed by atoms with Crippen molar-refractivity contribution in [2.45, 2.75) is 6.18 Å². The first-order valence-corrected chi connectivity index (χ1v) is 7.15. The average Bonchev–Trinajstić information content (AvgIpc) is 2.57. The molecule has 0 aliphatic carbocycles. The van der Waals surface area contributed by atoms with Crippen molar-refractivity contribution in [2.24, 2.45) is 5.10 Å². The molecule has 0 heterocycles. The number of phenolic OH excluding ortho intramolecular Hbond substituents is 1. The minimum atomic E-state index is -4.68. The van der Waals surface area contributed by atoms with Gasteiger partial charge in [0.2, 0.25) is 0 Å². The molecule has 0 saturated carbocycles. The molecule has 11 heteroatoms. The van der Waals surface area contributed by atoms with Crippen LogP contribution in [-0.4, -0.2) is 22.2 Å². The van der Waals surface area contributed by atoms with Gasteiger partial charge >= 0.3 is 6.18 Å². The number of hydrogen-bond acceptors (Lipinski definition) is 5. The van der Waals surface area contributed by atoms with E-state index in [1.165, 1.54) is 12.1 Å². The van der Waals surface area contributed by atoms with Crippen molar-refractivity contribution in [3.63, 3.8) is 0 Å². The zero-order valence-corrected chi connectivity index (χ0v) is 13.4. The second-order valence-electron chi connectivity index (χ2n) is 4.90. The molecule has 0 aliphatic heterocycles. The Hall–Kier alpha value is -3.14. The molecule has 2 aromatic rings. The summed E-state index contributed by atoms with van der Waals surface area (Å²) < 4.78 is 38.2. The summed E-state index contributed by atoms with van der Waals surface area (Å²) in [4.78, 5) is 21.7. The SMILES string of the molecule is O=C(N/N=C/c1cc(C(F)(F)F)cc(Cl)c1O)c1ccc([N+](=O)[O-])cc1. The Morgan fingerprint density at radius 1 is 1.27 bits per heavy atom. The number of alkyl halides is 3. The molecule has 0 aliphatic rings. The number of phenols is 1. The number of carbonyl (C=O) groups is 1. The summed E-state index contributed by atoms with van der Waals surface area (Å²) in [7, 11) is 0. The Morgan fingerprint density at radius 2 is 1.88 bits per heavy atom. The fourth-order valence-electron chi connectivity index (χ4n) is 1.84. The Bertz CT molecular complexity index is 883. The van der Waals surface area contributed by atoms with Crippen LogP contribution in [0.3, 0.4) is 0 Å². The number of non-ortho nitro benzene ring substituents is 1. The minimum Gasteiger partial charge on any atom is -0.506 e. The quantitative estimate of drug-likeness (QED) is 0.473. The molecule has 0 fully saturated rings. The van der Waals surface area contributed by atoms with Gasteiger partial charge in [-0.05, 0) is 24.3 Å². The van der Waals surface area contributed by atoms with E-state index in [0.717, 1.165) is 18.3 Å². The van der Waals surface area contributed by atoms with Gasteiger partial charge in [0.15, 0.2) is 0 Å². The topological polar surface area (TPSA) is 105 Å². The number of nitro groups is 1. The average molecular weight is 388 g/mol. The lowest BCUT2D eigenvalue weighted by molar-refractivity contribution is -0.384. The summed E-state index contributed by atoms with van der Waals surface area (Å²) in [5.41, 5.74) is 0.406. The van der Waals surface area contributed by atoms with E-state index >= 15 is 0 Å². The first kappa shape index (κ1) is 19.2. The number of nitrogens with zero attached hydrogens (tertiary/aromatic N) is 2. The number of carbonyl (C=O) groups excluding carboxylic acids is 1. The smallest absolute Gasteiger partial charge is 0.416 e. The van der Waals surface area contributed by atoms with Crippen LogP contribution in [0.2, 0.25) is 5.02 Å². The van der Waals surface area contributed by atoms with Crippen LogP contribution in [-0.2, 0) is 6.18 Å². The van der Waals surface area contributed by atoms with Crippen LogP contribution >= 0.6 is 11.6 Å². The lowest BCUT2D eigenvalue weighted by atomic mass is 10.1. The molecule has 2 rings (SSSR count). The number of aromatic hydroxyl groups is 1. The van der Waals surface area contributed by atoms with Gasteiger partial charge in [0.1, 0.15) is 5.75 Å². The van der Waals surface area contributed by atoms with Crippen LogP contribution in [0.1, 0.15) is 21.5 Å². The summed E-state index contributed by atoms with van der Waals surface area (Å²) in [5, 5.41) is 23.2. The number of rotatable bonds is 4. The van der Waals surface area contributed by atoms with Gasteiger partial charge in [-0.15, -0.1) is 0 Å². The standard InChI is InChI=1S/C15H9ClF3N3O4/c16-12-6-10(15(17,18)19)5-9(13(12)23)7-20-21-14(24)8-1-3-11(4-2-8)22(25)26/h1-7,23H,(H,21,24)/b20-7+. The van der Waals surface area contributed by atoms with Gasteiger partial charge in [0.25, 0.3) is 11.6 Å². The van der Waals surface area contributed by atoms with E-state index in [-0.39, 0.29) is 16.8 Å². The van der Waals surface area contributed by atoms with Crippen molar-refractivity contribution >= 4 is 29.4 Å². The third-order valence-electron chi connectivity index (χ3n) is 3.13.